The third kappa shape index (κ3) is 10.1. The van der Waals surface area contributed by atoms with Crippen LogP contribution in [0.3, 0.4) is 0 Å². The largest absolute Gasteiger partial charge is 0.462 e. The zero-order chi connectivity index (χ0) is 19.7. The topological polar surface area (TPSA) is 54.0 Å². The zero-order valence-electron chi connectivity index (χ0n) is 16.9. The summed E-state index contributed by atoms with van der Waals surface area (Å²) in [6, 6.07) is 0. The summed E-state index contributed by atoms with van der Waals surface area (Å²) in [5.41, 5.74) is 0. The number of methoxy groups -OCH3 is 2. The van der Waals surface area contributed by atoms with E-state index in [0.717, 1.165) is 0 Å². The number of esters is 1. The molecule has 0 aliphatic heterocycles. The smallest absolute Gasteiger partial charge is 0.306 e. The molecule has 0 amide bonds. The van der Waals surface area contributed by atoms with Crippen LogP contribution in [-0.2, 0) is 23.4 Å². The molecule has 0 aromatic rings. The predicted octanol–water partition coefficient (Wildman–Crippen LogP) is 5.05. The zero-order valence-corrected chi connectivity index (χ0v) is 20.1. The van der Waals surface area contributed by atoms with E-state index in [2.05, 4.69) is 56.5 Å². The summed E-state index contributed by atoms with van der Waals surface area (Å²) in [7, 11) is 1.26. The van der Waals surface area contributed by atoms with Gasteiger partial charge in [0, 0.05) is 27.1 Å². The lowest BCUT2D eigenvalue weighted by Crippen LogP contribution is -2.43. The molecule has 0 unspecified atom stereocenters. The number of carbonyl (C=O) groups excluding carboxylic acids is 1. The van der Waals surface area contributed by atoms with Gasteiger partial charge in [0.05, 0.1) is 6.10 Å². The van der Waals surface area contributed by atoms with E-state index in [1.165, 1.54) is 0 Å². The van der Waals surface area contributed by atoms with Gasteiger partial charge < -0.3 is 18.6 Å². The number of carbonyl (C=O) groups is 1. The first-order chi connectivity index (χ1) is 11.5. The third-order valence-corrected chi connectivity index (χ3v) is 9.47. The molecule has 2 atom stereocenters. The molecule has 7 heteroatoms. The molecule has 0 saturated carbocycles. The molecule has 0 heterocycles. The van der Waals surface area contributed by atoms with Crippen molar-refractivity contribution in [2.45, 2.75) is 83.6 Å². The molecule has 148 valence electrons. The average Bonchev–Trinajstić information content (AvgIpc) is 2.49. The number of hydrogen-bond acceptors (Lipinski definition) is 5. The van der Waals surface area contributed by atoms with Crippen molar-refractivity contribution < 1.29 is 23.4 Å². The SMILES string of the molecule is COC(C[C@@H](C)OC(=O)CC[C@@H](/C=C/I)O[Si](C)(C)C(C)(C)C)OC. The van der Waals surface area contributed by atoms with Gasteiger partial charge in [-0.15, -0.1) is 0 Å². The minimum absolute atomic E-state index is 0.0636. The summed E-state index contributed by atoms with van der Waals surface area (Å²) in [6.45, 7) is 12.9. The summed E-state index contributed by atoms with van der Waals surface area (Å²) >= 11 is 2.18. The van der Waals surface area contributed by atoms with E-state index < -0.39 is 8.32 Å². The Labute approximate surface area is 168 Å². The highest BCUT2D eigenvalue weighted by Gasteiger charge is 2.38. The average molecular weight is 486 g/mol. The maximum absolute atomic E-state index is 12.1. The fourth-order valence-corrected chi connectivity index (χ4v) is 3.75. The fourth-order valence-electron chi connectivity index (χ4n) is 1.98. The first-order valence-corrected chi connectivity index (χ1v) is 12.8. The van der Waals surface area contributed by atoms with Crippen LogP contribution >= 0.6 is 22.6 Å². The highest BCUT2D eigenvalue weighted by Crippen LogP contribution is 2.38. The molecule has 0 spiro atoms. The minimum atomic E-state index is -1.88. The summed E-state index contributed by atoms with van der Waals surface area (Å²) in [5.74, 6) is -0.218. The van der Waals surface area contributed by atoms with E-state index >= 15 is 0 Å². The van der Waals surface area contributed by atoms with Gasteiger partial charge in [-0.2, -0.15) is 0 Å². The number of hydrogen-bond donors (Lipinski definition) is 0. The molecular formula is C18H35IO5Si. The Balaban J connectivity index is 4.54. The van der Waals surface area contributed by atoms with Gasteiger partial charge in [0.15, 0.2) is 14.6 Å². The lowest BCUT2D eigenvalue weighted by molar-refractivity contribution is -0.158. The van der Waals surface area contributed by atoms with E-state index in [4.69, 9.17) is 18.6 Å². The van der Waals surface area contributed by atoms with E-state index in [1.54, 1.807) is 14.2 Å². The molecule has 0 N–H and O–H groups in total. The van der Waals surface area contributed by atoms with Crippen molar-refractivity contribution >= 4 is 36.9 Å². The van der Waals surface area contributed by atoms with E-state index in [0.29, 0.717) is 19.3 Å². The van der Waals surface area contributed by atoms with Gasteiger partial charge in [-0.1, -0.05) is 49.4 Å². The summed E-state index contributed by atoms with van der Waals surface area (Å²) in [4.78, 5) is 12.1. The van der Waals surface area contributed by atoms with Gasteiger partial charge >= 0.3 is 5.97 Å². The van der Waals surface area contributed by atoms with Crippen molar-refractivity contribution in [1.29, 1.82) is 0 Å². The second-order valence-electron chi connectivity index (χ2n) is 7.71. The maximum Gasteiger partial charge on any atom is 0.306 e. The van der Waals surface area contributed by atoms with Crippen LogP contribution in [0.15, 0.2) is 10.2 Å². The lowest BCUT2D eigenvalue weighted by Gasteiger charge is -2.38. The minimum Gasteiger partial charge on any atom is -0.462 e. The van der Waals surface area contributed by atoms with Crippen molar-refractivity contribution in [3.8, 4) is 0 Å². The van der Waals surface area contributed by atoms with E-state index in [-0.39, 0.29) is 29.5 Å². The molecule has 0 aliphatic rings. The molecule has 0 saturated heterocycles. The molecule has 0 bridgehead atoms. The molecule has 0 aliphatic carbocycles. The highest BCUT2D eigenvalue weighted by atomic mass is 127. The normalized spacial score (nSPS) is 15.6. The van der Waals surface area contributed by atoms with Crippen LogP contribution < -0.4 is 0 Å². The molecule has 0 fully saturated rings. The maximum atomic E-state index is 12.1. The quantitative estimate of drug-likeness (QED) is 0.177. The first-order valence-electron chi connectivity index (χ1n) is 8.66. The van der Waals surface area contributed by atoms with Crippen LogP contribution in [0.2, 0.25) is 18.1 Å². The summed E-state index contributed by atoms with van der Waals surface area (Å²) in [6.07, 6.45) is 2.80. The predicted molar refractivity (Wildman–Crippen MR) is 112 cm³/mol. The molecule has 25 heavy (non-hydrogen) atoms. The van der Waals surface area contributed by atoms with Gasteiger partial charge in [-0.25, -0.2) is 0 Å². The van der Waals surface area contributed by atoms with Crippen LogP contribution in [0.5, 0.6) is 0 Å². The number of halogens is 1. The van der Waals surface area contributed by atoms with Crippen molar-refractivity contribution in [2.24, 2.45) is 0 Å². The van der Waals surface area contributed by atoms with Crippen molar-refractivity contribution in [3.63, 3.8) is 0 Å². The molecule has 0 aromatic heterocycles. The van der Waals surface area contributed by atoms with Crippen LogP contribution in [0.1, 0.15) is 47.0 Å². The van der Waals surface area contributed by atoms with Gasteiger partial charge in [-0.05, 0) is 35.6 Å². The Morgan fingerprint density at radius 2 is 1.76 bits per heavy atom. The Morgan fingerprint density at radius 3 is 2.20 bits per heavy atom. The van der Waals surface area contributed by atoms with Gasteiger partial charge in [0.25, 0.3) is 0 Å². The Hall–Kier alpha value is 0.0369. The van der Waals surface area contributed by atoms with Gasteiger partial charge in [0.2, 0.25) is 0 Å². The van der Waals surface area contributed by atoms with Crippen molar-refractivity contribution in [3.05, 3.63) is 10.2 Å². The Kier molecular flexibility index (Phi) is 11.7. The monoisotopic (exact) mass is 486 g/mol. The fraction of sp³-hybridized carbons (Fsp3) is 0.833. The highest BCUT2D eigenvalue weighted by molar-refractivity contribution is 14.1. The number of rotatable bonds is 11. The third-order valence-electron chi connectivity index (χ3n) is 4.56. The van der Waals surface area contributed by atoms with Crippen molar-refractivity contribution in [1.82, 2.24) is 0 Å². The van der Waals surface area contributed by atoms with Gasteiger partial charge in [-0.3, -0.25) is 4.79 Å². The molecule has 0 aromatic carbocycles. The first kappa shape index (κ1) is 25.0. The molecule has 5 nitrogen and oxygen atoms in total. The summed E-state index contributed by atoms with van der Waals surface area (Å²) < 4.78 is 24.0. The van der Waals surface area contributed by atoms with E-state index in [1.807, 2.05) is 17.1 Å². The van der Waals surface area contributed by atoms with Gasteiger partial charge in [0.1, 0.15) is 6.10 Å². The van der Waals surface area contributed by atoms with Crippen LogP contribution in [0.4, 0.5) is 0 Å². The van der Waals surface area contributed by atoms with Crippen LogP contribution in [0.25, 0.3) is 0 Å². The Morgan fingerprint density at radius 1 is 1.20 bits per heavy atom. The Bertz CT molecular complexity index is 416. The van der Waals surface area contributed by atoms with Crippen LogP contribution in [0, 0.1) is 0 Å². The standard InChI is InChI=1S/C18H35IO5Si/c1-14(13-17(21-5)22-6)23-16(20)10-9-15(11-12-19)24-25(7,8)18(2,3)4/h11-12,14-15,17H,9-10,13H2,1-8H3/b12-11+/t14-,15+/m1/s1. The van der Waals surface area contributed by atoms with Crippen LogP contribution in [-0.4, -0.2) is 47.0 Å². The molecular weight excluding hydrogens is 451 g/mol. The summed E-state index contributed by atoms with van der Waals surface area (Å²) in [5, 5.41) is 0.134. The second kappa shape index (κ2) is 11.7. The van der Waals surface area contributed by atoms with E-state index in [9.17, 15) is 4.79 Å². The number of ether oxygens (including phenoxy) is 3. The second-order valence-corrected chi connectivity index (χ2v) is 13.2. The lowest BCUT2D eigenvalue weighted by atomic mass is 10.2. The molecule has 0 rings (SSSR count). The molecule has 0 radical (unpaired) electrons. The van der Waals surface area contributed by atoms with Crippen molar-refractivity contribution in [2.75, 3.05) is 14.2 Å².